The van der Waals surface area contributed by atoms with Gasteiger partial charge in [0.05, 0.1) is 18.2 Å². The summed E-state index contributed by atoms with van der Waals surface area (Å²) in [5.41, 5.74) is 2.12. The predicted molar refractivity (Wildman–Crippen MR) is 104 cm³/mol. The van der Waals surface area contributed by atoms with E-state index < -0.39 is 0 Å². The molecule has 3 rings (SSSR count). The number of carbonyl (C=O) groups excluding carboxylic acids is 2. The summed E-state index contributed by atoms with van der Waals surface area (Å²) < 4.78 is 13.7. The summed E-state index contributed by atoms with van der Waals surface area (Å²) in [7, 11) is 0. The molecule has 0 saturated heterocycles. The number of halogens is 1. The molecular formula is C21H21FN4O2. The van der Waals surface area contributed by atoms with Gasteiger partial charge in [0.2, 0.25) is 5.91 Å². The third-order valence-electron chi connectivity index (χ3n) is 4.67. The number of terminal acetylenes is 1. The highest BCUT2D eigenvalue weighted by atomic mass is 19.1. The van der Waals surface area contributed by atoms with E-state index in [0.717, 1.165) is 11.1 Å². The quantitative estimate of drug-likeness (QED) is 0.800. The number of nitrogens with zero attached hydrogens (tertiary/aromatic N) is 2. The highest BCUT2D eigenvalue weighted by Crippen LogP contribution is 2.30. The maximum Gasteiger partial charge on any atom is 0.253 e. The number of aromatic nitrogens is 1. The molecule has 28 heavy (non-hydrogen) atoms. The zero-order chi connectivity index (χ0) is 20.1. The minimum atomic E-state index is -0.330. The Labute approximate surface area is 163 Å². The standard InChI is InChI=1S/C21H21FN4O2/c1-3-9-23-21(28)15-4-7-20(24-12-15)25-19-8-10-26(14(2)27)13-16-11-17(22)5-6-18(16)19/h1,4-7,11-12,19H,8-10,13H2,2H3,(H,23,28)(H,24,25). The molecule has 0 spiro atoms. The second-order valence-corrected chi connectivity index (χ2v) is 6.59. The molecule has 1 aromatic carbocycles. The van der Waals surface area contributed by atoms with Gasteiger partial charge in [0, 0.05) is 26.2 Å². The van der Waals surface area contributed by atoms with Crippen LogP contribution in [0.2, 0.25) is 0 Å². The Hall–Kier alpha value is -3.40. The van der Waals surface area contributed by atoms with Gasteiger partial charge < -0.3 is 15.5 Å². The lowest BCUT2D eigenvalue weighted by Crippen LogP contribution is -2.28. The van der Waals surface area contributed by atoms with Crippen LogP contribution in [-0.4, -0.2) is 34.8 Å². The first kappa shape index (κ1) is 19.4. The molecule has 0 radical (unpaired) electrons. The molecule has 0 aliphatic carbocycles. The molecular weight excluding hydrogens is 359 g/mol. The molecule has 0 fully saturated rings. The lowest BCUT2D eigenvalue weighted by Gasteiger charge is -2.20. The van der Waals surface area contributed by atoms with Crippen molar-refractivity contribution in [1.29, 1.82) is 0 Å². The number of hydrogen-bond donors (Lipinski definition) is 2. The summed E-state index contributed by atoms with van der Waals surface area (Å²) in [5, 5.41) is 5.91. The van der Waals surface area contributed by atoms with E-state index in [4.69, 9.17) is 6.42 Å². The largest absolute Gasteiger partial charge is 0.363 e. The highest BCUT2D eigenvalue weighted by Gasteiger charge is 2.24. The molecule has 1 unspecified atom stereocenters. The van der Waals surface area contributed by atoms with Crippen molar-refractivity contribution in [2.45, 2.75) is 25.9 Å². The second kappa shape index (κ2) is 8.53. The zero-order valence-corrected chi connectivity index (χ0v) is 15.5. The topological polar surface area (TPSA) is 74.3 Å². The van der Waals surface area contributed by atoms with Gasteiger partial charge in [0.25, 0.3) is 5.91 Å². The first-order valence-electron chi connectivity index (χ1n) is 8.96. The summed E-state index contributed by atoms with van der Waals surface area (Å²) >= 11 is 0. The third-order valence-corrected chi connectivity index (χ3v) is 4.67. The molecule has 2 N–H and O–H groups in total. The number of hydrogen-bond acceptors (Lipinski definition) is 4. The normalized spacial score (nSPS) is 15.8. The predicted octanol–water partition coefficient (Wildman–Crippen LogP) is 2.49. The van der Waals surface area contributed by atoms with Gasteiger partial charge in [0.1, 0.15) is 11.6 Å². The molecule has 144 valence electrons. The number of fused-ring (bicyclic) bond motifs is 1. The van der Waals surface area contributed by atoms with Crippen LogP contribution in [0.25, 0.3) is 0 Å². The van der Waals surface area contributed by atoms with Crippen molar-refractivity contribution in [3.05, 3.63) is 59.0 Å². The molecule has 2 heterocycles. The van der Waals surface area contributed by atoms with E-state index in [1.165, 1.54) is 25.3 Å². The summed E-state index contributed by atoms with van der Waals surface area (Å²) in [6.45, 7) is 2.59. The van der Waals surface area contributed by atoms with Gasteiger partial charge in [0.15, 0.2) is 0 Å². The van der Waals surface area contributed by atoms with Crippen molar-refractivity contribution in [3.63, 3.8) is 0 Å². The van der Waals surface area contributed by atoms with E-state index >= 15 is 0 Å². The number of amides is 2. The molecule has 7 heteroatoms. The molecule has 1 aliphatic rings. The molecule has 1 atom stereocenters. The molecule has 1 aliphatic heterocycles. The number of rotatable bonds is 4. The Morgan fingerprint density at radius 3 is 2.86 bits per heavy atom. The summed E-state index contributed by atoms with van der Waals surface area (Å²) in [4.78, 5) is 29.7. The summed E-state index contributed by atoms with van der Waals surface area (Å²) in [5.74, 6) is 2.27. The molecule has 2 aromatic rings. The fourth-order valence-electron chi connectivity index (χ4n) is 3.22. The van der Waals surface area contributed by atoms with E-state index in [9.17, 15) is 14.0 Å². The maximum atomic E-state index is 13.7. The van der Waals surface area contributed by atoms with Crippen LogP contribution in [0.4, 0.5) is 10.2 Å². The first-order valence-corrected chi connectivity index (χ1v) is 8.96. The van der Waals surface area contributed by atoms with Crippen molar-refractivity contribution in [3.8, 4) is 12.3 Å². The lowest BCUT2D eigenvalue weighted by molar-refractivity contribution is -0.129. The van der Waals surface area contributed by atoms with Crippen LogP contribution in [0, 0.1) is 18.2 Å². The minimum Gasteiger partial charge on any atom is -0.363 e. The van der Waals surface area contributed by atoms with Crippen LogP contribution in [0.15, 0.2) is 36.5 Å². The van der Waals surface area contributed by atoms with Crippen LogP contribution >= 0.6 is 0 Å². The van der Waals surface area contributed by atoms with Gasteiger partial charge in [-0.15, -0.1) is 6.42 Å². The van der Waals surface area contributed by atoms with Crippen LogP contribution in [-0.2, 0) is 11.3 Å². The van der Waals surface area contributed by atoms with Gasteiger partial charge in [-0.05, 0) is 41.8 Å². The van der Waals surface area contributed by atoms with Gasteiger partial charge in [-0.2, -0.15) is 0 Å². The van der Waals surface area contributed by atoms with Gasteiger partial charge in [-0.3, -0.25) is 9.59 Å². The fourth-order valence-corrected chi connectivity index (χ4v) is 3.22. The second-order valence-electron chi connectivity index (χ2n) is 6.59. The van der Waals surface area contributed by atoms with Crippen molar-refractivity contribution in [1.82, 2.24) is 15.2 Å². The van der Waals surface area contributed by atoms with Gasteiger partial charge in [-0.25, -0.2) is 9.37 Å². The number of carbonyl (C=O) groups is 2. The third kappa shape index (κ3) is 4.46. The molecule has 0 bridgehead atoms. The fraction of sp³-hybridized carbons (Fsp3) is 0.286. The maximum absolute atomic E-state index is 13.7. The number of benzene rings is 1. The molecule has 0 saturated carbocycles. The van der Waals surface area contributed by atoms with Crippen molar-refractivity contribution in [2.24, 2.45) is 0 Å². The molecule has 6 nitrogen and oxygen atoms in total. The monoisotopic (exact) mass is 380 g/mol. The number of anilines is 1. The zero-order valence-electron chi connectivity index (χ0n) is 15.5. The summed E-state index contributed by atoms with van der Waals surface area (Å²) in [6.07, 6.45) is 7.26. The Balaban J connectivity index is 1.79. The van der Waals surface area contributed by atoms with E-state index in [0.29, 0.717) is 30.9 Å². The van der Waals surface area contributed by atoms with Crippen molar-refractivity contribution in [2.75, 3.05) is 18.4 Å². The Morgan fingerprint density at radius 1 is 1.36 bits per heavy atom. The lowest BCUT2D eigenvalue weighted by atomic mass is 9.99. The van der Waals surface area contributed by atoms with Gasteiger partial charge >= 0.3 is 0 Å². The van der Waals surface area contributed by atoms with E-state index in [2.05, 4.69) is 21.5 Å². The van der Waals surface area contributed by atoms with Crippen molar-refractivity contribution < 1.29 is 14.0 Å². The van der Waals surface area contributed by atoms with Crippen LogP contribution in [0.3, 0.4) is 0 Å². The molecule has 2 amide bonds. The Morgan fingerprint density at radius 2 is 2.18 bits per heavy atom. The Kier molecular flexibility index (Phi) is 5.90. The van der Waals surface area contributed by atoms with E-state index in [1.807, 2.05) is 0 Å². The Bertz CT molecular complexity index is 921. The van der Waals surface area contributed by atoms with E-state index in [1.54, 1.807) is 23.1 Å². The molecule has 1 aromatic heterocycles. The van der Waals surface area contributed by atoms with Crippen LogP contribution in [0.1, 0.15) is 40.9 Å². The highest BCUT2D eigenvalue weighted by molar-refractivity contribution is 5.94. The number of pyridine rings is 1. The average molecular weight is 380 g/mol. The smallest absolute Gasteiger partial charge is 0.253 e. The summed E-state index contributed by atoms with van der Waals surface area (Å²) in [6, 6.07) is 7.87. The van der Waals surface area contributed by atoms with Crippen molar-refractivity contribution >= 4 is 17.6 Å². The SMILES string of the molecule is C#CCNC(=O)c1ccc(NC2CCN(C(C)=O)Cc3cc(F)ccc32)nc1. The van der Waals surface area contributed by atoms with Crippen LogP contribution < -0.4 is 10.6 Å². The average Bonchev–Trinajstić information content (AvgIpc) is 2.86. The van der Waals surface area contributed by atoms with E-state index in [-0.39, 0.29) is 30.2 Å². The number of nitrogens with one attached hydrogen (secondary N) is 2. The van der Waals surface area contributed by atoms with Gasteiger partial charge in [-0.1, -0.05) is 12.0 Å². The first-order chi connectivity index (χ1) is 13.5. The van der Waals surface area contributed by atoms with Crippen LogP contribution in [0.5, 0.6) is 0 Å². The minimum absolute atomic E-state index is 0.0451.